The molecule has 0 aromatic heterocycles. The van der Waals surface area contributed by atoms with Gasteiger partial charge in [0.2, 0.25) is 6.29 Å². The average molecular weight is 545 g/mol. The molecule has 2 aliphatic rings. The molecule has 2 aliphatic heterocycles. The molecule has 4 aromatic carbocycles. The van der Waals surface area contributed by atoms with Crippen LogP contribution in [0.15, 0.2) is 122 Å². The number of benzene rings is 4. The van der Waals surface area contributed by atoms with Crippen LogP contribution in [0.4, 0.5) is 0 Å². The van der Waals surface area contributed by atoms with Gasteiger partial charge in [-0.2, -0.15) is 0 Å². The molecular weight excluding hydrogens is 508 g/mol. The third kappa shape index (κ3) is 5.58. The van der Waals surface area contributed by atoms with Gasteiger partial charge in [-0.1, -0.05) is 97.1 Å². The highest BCUT2D eigenvalue weighted by Gasteiger charge is 2.39. The smallest absolute Gasteiger partial charge is 0.202 e. The second kappa shape index (κ2) is 12.2. The summed E-state index contributed by atoms with van der Waals surface area (Å²) >= 11 is 0. The van der Waals surface area contributed by atoms with E-state index in [0.29, 0.717) is 19.4 Å². The van der Waals surface area contributed by atoms with Gasteiger partial charge in [0.25, 0.3) is 0 Å². The summed E-state index contributed by atoms with van der Waals surface area (Å²) in [5.74, 6) is 1.71. The highest BCUT2D eigenvalue weighted by Crippen LogP contribution is 2.47. The molecule has 208 valence electrons. The van der Waals surface area contributed by atoms with Gasteiger partial charge in [0.05, 0.1) is 18.6 Å². The summed E-state index contributed by atoms with van der Waals surface area (Å²) in [7, 11) is 0. The lowest BCUT2D eigenvalue weighted by atomic mass is 9.64. The van der Waals surface area contributed by atoms with Gasteiger partial charge in [-0.15, -0.1) is 13.2 Å². The van der Waals surface area contributed by atoms with Crippen LogP contribution in [0.5, 0.6) is 11.5 Å². The molecular formula is C37H36O4. The quantitative estimate of drug-likeness (QED) is 0.0997. The zero-order valence-corrected chi connectivity index (χ0v) is 23.3. The van der Waals surface area contributed by atoms with Gasteiger partial charge >= 0.3 is 0 Å². The minimum atomic E-state index is -0.599. The van der Waals surface area contributed by atoms with Crippen LogP contribution in [0.25, 0.3) is 0 Å². The lowest BCUT2D eigenvalue weighted by Crippen LogP contribution is -2.33. The number of allylic oxidation sites excluding steroid dienone is 2. The van der Waals surface area contributed by atoms with Crippen LogP contribution in [-0.2, 0) is 27.7 Å². The van der Waals surface area contributed by atoms with Gasteiger partial charge < -0.3 is 18.9 Å². The summed E-state index contributed by atoms with van der Waals surface area (Å²) in [5.41, 5.74) is 6.24. The fourth-order valence-corrected chi connectivity index (χ4v) is 5.68. The van der Waals surface area contributed by atoms with E-state index in [-0.39, 0.29) is 12.4 Å². The molecule has 6 rings (SSSR count). The summed E-state index contributed by atoms with van der Waals surface area (Å²) in [4.78, 5) is 0. The Kier molecular flexibility index (Phi) is 8.04. The molecule has 2 atom stereocenters. The first kappa shape index (κ1) is 27.1. The van der Waals surface area contributed by atoms with Crippen LogP contribution in [0.2, 0.25) is 0 Å². The third-order valence-electron chi connectivity index (χ3n) is 7.87. The Morgan fingerprint density at radius 3 is 1.73 bits per heavy atom. The Morgan fingerprint density at radius 1 is 0.707 bits per heavy atom. The Bertz CT molecular complexity index is 1450. The van der Waals surface area contributed by atoms with Crippen molar-refractivity contribution < 1.29 is 18.9 Å². The molecule has 2 unspecified atom stereocenters. The molecule has 0 spiro atoms. The molecule has 2 heterocycles. The Balaban J connectivity index is 1.57. The lowest BCUT2D eigenvalue weighted by molar-refractivity contribution is -0.165. The van der Waals surface area contributed by atoms with Crippen molar-refractivity contribution in [3.63, 3.8) is 0 Å². The van der Waals surface area contributed by atoms with Crippen LogP contribution in [0.1, 0.15) is 39.8 Å². The van der Waals surface area contributed by atoms with E-state index in [1.54, 1.807) is 0 Å². The molecule has 4 aromatic rings. The molecule has 0 amide bonds. The standard InChI is InChI=1S/C37H36O4/c1-3-11-27-23-31(17-19-34(27)40-26-33-25-39-33)37(29-13-7-5-8-14-29,30-15-9-6-10-16-30)32-18-20-35(28(24-32)12-4-2)41-36-21-22-38-36/h3-10,13-20,23-24,33,36H,1-2,11-12,21-22,25-26H2. The molecule has 0 N–H and O–H groups in total. The summed E-state index contributed by atoms with van der Waals surface area (Å²) in [6.07, 6.45) is 6.15. The number of rotatable bonds is 13. The summed E-state index contributed by atoms with van der Waals surface area (Å²) < 4.78 is 23.4. The molecule has 4 nitrogen and oxygen atoms in total. The van der Waals surface area contributed by atoms with E-state index in [2.05, 4.69) is 110 Å². The molecule has 2 fully saturated rings. The van der Waals surface area contributed by atoms with Crippen molar-refractivity contribution in [2.24, 2.45) is 0 Å². The number of hydrogen-bond acceptors (Lipinski definition) is 4. The second-order valence-corrected chi connectivity index (χ2v) is 10.6. The molecule has 0 bridgehead atoms. The second-order valence-electron chi connectivity index (χ2n) is 10.6. The van der Waals surface area contributed by atoms with Crippen molar-refractivity contribution in [3.8, 4) is 11.5 Å². The minimum Gasteiger partial charge on any atom is -0.490 e. The Morgan fingerprint density at radius 2 is 1.24 bits per heavy atom. The molecule has 0 saturated carbocycles. The van der Waals surface area contributed by atoms with Crippen LogP contribution >= 0.6 is 0 Å². The summed E-state index contributed by atoms with van der Waals surface area (Å²) in [5, 5.41) is 0. The van der Waals surface area contributed by atoms with Gasteiger partial charge in [0.1, 0.15) is 24.2 Å². The fraction of sp³-hybridized carbons (Fsp3) is 0.243. The molecule has 2 saturated heterocycles. The largest absolute Gasteiger partial charge is 0.490 e. The van der Waals surface area contributed by atoms with Crippen molar-refractivity contribution in [1.82, 2.24) is 0 Å². The van der Waals surface area contributed by atoms with E-state index in [1.165, 1.54) is 11.1 Å². The van der Waals surface area contributed by atoms with Gasteiger partial charge in [-0.05, 0) is 58.4 Å². The third-order valence-corrected chi connectivity index (χ3v) is 7.87. The monoisotopic (exact) mass is 544 g/mol. The zero-order valence-electron chi connectivity index (χ0n) is 23.3. The maximum Gasteiger partial charge on any atom is 0.202 e. The highest BCUT2D eigenvalue weighted by molar-refractivity contribution is 5.62. The van der Waals surface area contributed by atoms with Crippen LogP contribution in [0.3, 0.4) is 0 Å². The number of ether oxygens (including phenoxy) is 4. The predicted molar refractivity (Wildman–Crippen MR) is 163 cm³/mol. The topological polar surface area (TPSA) is 40.2 Å². The minimum absolute atomic E-state index is 0.188. The van der Waals surface area contributed by atoms with E-state index < -0.39 is 5.41 Å². The van der Waals surface area contributed by atoms with E-state index in [4.69, 9.17) is 18.9 Å². The lowest BCUT2D eigenvalue weighted by Gasteiger charge is -2.38. The van der Waals surface area contributed by atoms with Crippen LogP contribution in [0, 0.1) is 0 Å². The summed E-state index contributed by atoms with van der Waals surface area (Å²) in [6.45, 7) is 10.1. The van der Waals surface area contributed by atoms with Crippen molar-refractivity contribution in [2.75, 3.05) is 19.8 Å². The first-order valence-corrected chi connectivity index (χ1v) is 14.3. The SMILES string of the molecule is C=CCc1cc(C(c2ccccc2)(c2ccccc2)c2ccc(OC3CCO3)c(CC=C)c2)ccc1OCC1CO1. The molecule has 0 aliphatic carbocycles. The van der Waals surface area contributed by atoms with Crippen molar-refractivity contribution in [1.29, 1.82) is 0 Å². The van der Waals surface area contributed by atoms with Crippen LogP contribution in [-0.4, -0.2) is 32.2 Å². The molecule has 41 heavy (non-hydrogen) atoms. The van der Waals surface area contributed by atoms with Crippen molar-refractivity contribution in [2.45, 2.75) is 37.1 Å². The van der Waals surface area contributed by atoms with E-state index >= 15 is 0 Å². The first-order valence-electron chi connectivity index (χ1n) is 14.3. The van der Waals surface area contributed by atoms with Crippen molar-refractivity contribution in [3.05, 3.63) is 156 Å². The maximum absolute atomic E-state index is 6.23. The highest BCUT2D eigenvalue weighted by atomic mass is 16.7. The fourth-order valence-electron chi connectivity index (χ4n) is 5.68. The van der Waals surface area contributed by atoms with Gasteiger partial charge in [-0.3, -0.25) is 0 Å². The maximum atomic E-state index is 6.23. The van der Waals surface area contributed by atoms with E-state index in [0.717, 1.165) is 53.4 Å². The number of hydrogen-bond donors (Lipinski definition) is 0. The van der Waals surface area contributed by atoms with Crippen LogP contribution < -0.4 is 9.47 Å². The van der Waals surface area contributed by atoms with Gasteiger partial charge in [-0.25, -0.2) is 0 Å². The molecule has 4 heteroatoms. The normalized spacial score (nSPS) is 17.8. The average Bonchev–Trinajstić information content (AvgIpc) is 3.82. The Hall–Kier alpha value is -4.12. The Labute approximate surface area is 242 Å². The van der Waals surface area contributed by atoms with Crippen molar-refractivity contribution >= 4 is 0 Å². The number of epoxide rings is 1. The van der Waals surface area contributed by atoms with Gasteiger partial charge in [0, 0.05) is 6.42 Å². The zero-order chi connectivity index (χ0) is 28.1. The van der Waals surface area contributed by atoms with Gasteiger partial charge in [0.15, 0.2) is 0 Å². The van der Waals surface area contributed by atoms with E-state index in [1.807, 2.05) is 12.2 Å². The predicted octanol–water partition coefficient (Wildman–Crippen LogP) is 7.43. The summed E-state index contributed by atoms with van der Waals surface area (Å²) in [6, 6.07) is 34.6. The molecule has 0 radical (unpaired) electrons. The van der Waals surface area contributed by atoms with E-state index in [9.17, 15) is 0 Å². The first-order chi connectivity index (χ1) is 20.2.